The third-order valence-corrected chi connectivity index (χ3v) is 4.71. The zero-order valence-corrected chi connectivity index (χ0v) is 13.8. The van der Waals surface area contributed by atoms with E-state index in [0.717, 1.165) is 26.7 Å². The predicted molar refractivity (Wildman–Crippen MR) is 90.3 cm³/mol. The number of hydrogen-bond acceptors (Lipinski definition) is 6. The van der Waals surface area contributed by atoms with E-state index in [2.05, 4.69) is 10.2 Å². The minimum atomic E-state index is 0.0457. The molecule has 6 heteroatoms. The van der Waals surface area contributed by atoms with Crippen molar-refractivity contribution in [3.05, 3.63) is 63.6 Å². The van der Waals surface area contributed by atoms with Crippen LogP contribution in [-0.2, 0) is 18.0 Å². The van der Waals surface area contributed by atoms with Gasteiger partial charge < -0.3 is 9.47 Å². The molecule has 4 rings (SSSR count). The smallest absolute Gasteiger partial charge is 0.194 e. The fourth-order valence-electron chi connectivity index (χ4n) is 2.77. The van der Waals surface area contributed by atoms with Gasteiger partial charge in [0, 0.05) is 18.2 Å². The third-order valence-electron chi connectivity index (χ3n) is 3.84. The number of ether oxygens (including phenoxy) is 2. The number of carbonyl (C=O) groups excluding carboxylic acids is 1. The van der Waals surface area contributed by atoms with Crippen molar-refractivity contribution < 1.29 is 14.3 Å². The average molecular weight is 338 g/mol. The minimum Gasteiger partial charge on any atom is -0.486 e. The SMILES string of the molecule is COCc1nnc(COc2ccc3c(c2)C(=O)c2ccccc2-3)s1. The Balaban J connectivity index is 1.53. The van der Waals surface area contributed by atoms with Gasteiger partial charge in [0.25, 0.3) is 0 Å². The van der Waals surface area contributed by atoms with Crippen LogP contribution in [0.1, 0.15) is 25.9 Å². The van der Waals surface area contributed by atoms with Gasteiger partial charge in [-0.1, -0.05) is 35.6 Å². The van der Waals surface area contributed by atoms with Crippen LogP contribution in [0.4, 0.5) is 0 Å². The molecule has 24 heavy (non-hydrogen) atoms. The van der Waals surface area contributed by atoms with Crippen molar-refractivity contribution in [1.29, 1.82) is 0 Å². The van der Waals surface area contributed by atoms with Crippen LogP contribution in [0.2, 0.25) is 0 Å². The zero-order valence-electron chi connectivity index (χ0n) is 13.0. The second-order valence-corrected chi connectivity index (χ2v) is 6.54. The summed E-state index contributed by atoms with van der Waals surface area (Å²) in [6, 6.07) is 13.3. The van der Waals surface area contributed by atoms with Crippen LogP contribution >= 0.6 is 11.3 Å². The second kappa shape index (κ2) is 6.14. The van der Waals surface area contributed by atoms with Gasteiger partial charge >= 0.3 is 0 Å². The fourth-order valence-corrected chi connectivity index (χ4v) is 3.50. The third kappa shape index (κ3) is 2.60. The highest BCUT2D eigenvalue weighted by molar-refractivity contribution is 7.11. The molecule has 1 aliphatic carbocycles. The maximum absolute atomic E-state index is 12.5. The van der Waals surface area contributed by atoms with Crippen LogP contribution < -0.4 is 4.74 Å². The topological polar surface area (TPSA) is 61.3 Å². The first-order valence-electron chi connectivity index (χ1n) is 7.47. The molecular weight excluding hydrogens is 324 g/mol. The van der Waals surface area contributed by atoms with Gasteiger partial charge in [0.1, 0.15) is 17.4 Å². The van der Waals surface area contributed by atoms with Crippen LogP contribution in [0.3, 0.4) is 0 Å². The number of methoxy groups -OCH3 is 1. The molecule has 0 radical (unpaired) electrons. The summed E-state index contributed by atoms with van der Waals surface area (Å²) in [7, 11) is 1.62. The van der Waals surface area contributed by atoms with E-state index in [-0.39, 0.29) is 5.78 Å². The zero-order chi connectivity index (χ0) is 16.5. The quantitative estimate of drug-likeness (QED) is 0.557. The van der Waals surface area contributed by atoms with Crippen LogP contribution in [0.15, 0.2) is 42.5 Å². The highest BCUT2D eigenvalue weighted by Crippen LogP contribution is 2.38. The first-order chi connectivity index (χ1) is 11.8. The van der Waals surface area contributed by atoms with E-state index in [0.29, 0.717) is 24.5 Å². The Labute approximate surface area is 142 Å². The summed E-state index contributed by atoms with van der Waals surface area (Å²) in [5, 5.41) is 9.68. The molecule has 0 fully saturated rings. The minimum absolute atomic E-state index is 0.0457. The van der Waals surface area contributed by atoms with Crippen molar-refractivity contribution in [2.75, 3.05) is 7.11 Å². The molecular formula is C18H14N2O3S. The van der Waals surface area contributed by atoms with Crippen molar-refractivity contribution in [3.63, 3.8) is 0 Å². The first kappa shape index (κ1) is 15.0. The number of rotatable bonds is 5. The summed E-state index contributed by atoms with van der Waals surface area (Å²) in [5.74, 6) is 0.697. The predicted octanol–water partition coefficient (Wildman–Crippen LogP) is 3.47. The second-order valence-electron chi connectivity index (χ2n) is 5.39. The van der Waals surface area contributed by atoms with Crippen LogP contribution in [0.25, 0.3) is 11.1 Å². The molecule has 0 saturated carbocycles. The van der Waals surface area contributed by atoms with Gasteiger partial charge in [-0.3, -0.25) is 4.79 Å². The molecule has 5 nitrogen and oxygen atoms in total. The summed E-state index contributed by atoms with van der Waals surface area (Å²) in [4.78, 5) is 12.5. The Morgan fingerprint density at radius 3 is 2.42 bits per heavy atom. The number of nitrogens with zero attached hydrogens (tertiary/aromatic N) is 2. The molecule has 0 unspecified atom stereocenters. The Morgan fingerprint density at radius 2 is 1.62 bits per heavy atom. The lowest BCUT2D eigenvalue weighted by atomic mass is 10.1. The van der Waals surface area contributed by atoms with Crippen molar-refractivity contribution in [1.82, 2.24) is 10.2 Å². The van der Waals surface area contributed by atoms with Crippen LogP contribution in [0.5, 0.6) is 5.75 Å². The average Bonchev–Trinajstić information content (AvgIpc) is 3.17. The van der Waals surface area contributed by atoms with Gasteiger partial charge in [0.05, 0.1) is 6.61 Å². The van der Waals surface area contributed by atoms with Crippen LogP contribution in [0, 0.1) is 0 Å². The molecule has 0 atom stereocenters. The highest BCUT2D eigenvalue weighted by atomic mass is 32.1. The maximum Gasteiger partial charge on any atom is 0.194 e. The van der Waals surface area contributed by atoms with Gasteiger partial charge in [0.2, 0.25) is 0 Å². The Bertz CT molecular complexity index is 920. The molecule has 1 aliphatic rings. The van der Waals surface area contributed by atoms with E-state index in [4.69, 9.17) is 9.47 Å². The monoisotopic (exact) mass is 338 g/mol. The van der Waals surface area contributed by atoms with Gasteiger partial charge in [-0.15, -0.1) is 10.2 Å². The Kier molecular flexibility index (Phi) is 3.84. The molecule has 3 aromatic rings. The summed E-state index contributed by atoms with van der Waals surface area (Å²) in [6.45, 7) is 0.768. The van der Waals surface area contributed by atoms with Crippen LogP contribution in [-0.4, -0.2) is 23.1 Å². The lowest BCUT2D eigenvalue weighted by Crippen LogP contribution is -1.98. The summed E-state index contributed by atoms with van der Waals surface area (Å²) >= 11 is 1.45. The standard InChI is InChI=1S/C18H14N2O3S/c1-22-9-16-19-20-17(24-16)10-23-11-6-7-13-12-4-2-3-5-14(12)18(21)15(13)8-11/h2-8H,9-10H2,1H3. The normalized spacial score (nSPS) is 12.1. The number of ketones is 1. The molecule has 1 aromatic heterocycles. The lowest BCUT2D eigenvalue weighted by Gasteiger charge is -2.06. The summed E-state index contributed by atoms with van der Waals surface area (Å²) in [6.07, 6.45) is 0. The number of benzene rings is 2. The Morgan fingerprint density at radius 1 is 0.917 bits per heavy atom. The maximum atomic E-state index is 12.5. The largest absolute Gasteiger partial charge is 0.486 e. The fraction of sp³-hybridized carbons (Fsp3) is 0.167. The van der Waals surface area contributed by atoms with Gasteiger partial charge in [-0.25, -0.2) is 0 Å². The number of carbonyl (C=O) groups is 1. The number of fused-ring (bicyclic) bond motifs is 3. The number of hydrogen-bond donors (Lipinski definition) is 0. The van der Waals surface area contributed by atoms with Crippen molar-refractivity contribution in [2.24, 2.45) is 0 Å². The molecule has 120 valence electrons. The summed E-state index contributed by atoms with van der Waals surface area (Å²) < 4.78 is 10.8. The Hall–Kier alpha value is -2.57. The van der Waals surface area contributed by atoms with E-state index in [1.165, 1.54) is 11.3 Å². The molecule has 0 aliphatic heterocycles. The molecule has 1 heterocycles. The number of aromatic nitrogens is 2. The summed E-state index contributed by atoms with van der Waals surface area (Å²) in [5.41, 5.74) is 3.38. The molecule has 0 amide bonds. The van der Waals surface area contributed by atoms with E-state index in [1.807, 2.05) is 36.4 Å². The van der Waals surface area contributed by atoms with E-state index >= 15 is 0 Å². The van der Waals surface area contributed by atoms with E-state index < -0.39 is 0 Å². The van der Waals surface area contributed by atoms with E-state index in [9.17, 15) is 4.79 Å². The van der Waals surface area contributed by atoms with Crippen molar-refractivity contribution >= 4 is 17.1 Å². The lowest BCUT2D eigenvalue weighted by molar-refractivity contribution is 0.104. The van der Waals surface area contributed by atoms with Crippen molar-refractivity contribution in [3.8, 4) is 16.9 Å². The van der Waals surface area contributed by atoms with Gasteiger partial charge in [-0.05, 0) is 29.3 Å². The highest BCUT2D eigenvalue weighted by Gasteiger charge is 2.26. The molecule has 0 spiro atoms. The first-order valence-corrected chi connectivity index (χ1v) is 8.29. The molecule has 0 N–H and O–H groups in total. The molecule has 2 aromatic carbocycles. The van der Waals surface area contributed by atoms with Crippen molar-refractivity contribution in [2.45, 2.75) is 13.2 Å². The van der Waals surface area contributed by atoms with Gasteiger partial charge in [-0.2, -0.15) is 0 Å². The van der Waals surface area contributed by atoms with E-state index in [1.54, 1.807) is 13.2 Å². The molecule has 0 bridgehead atoms. The molecule has 0 saturated heterocycles. The van der Waals surface area contributed by atoms with Gasteiger partial charge in [0.15, 0.2) is 10.8 Å².